The van der Waals surface area contributed by atoms with Crippen molar-refractivity contribution >= 4 is 21.7 Å². The molecule has 3 aromatic rings. The predicted molar refractivity (Wildman–Crippen MR) is 76.7 cm³/mol. The van der Waals surface area contributed by atoms with Crippen molar-refractivity contribution in [1.82, 2.24) is 9.13 Å². The molecule has 0 unspecified atom stereocenters. The highest BCUT2D eigenvalue weighted by Gasteiger charge is 2.24. The molecule has 0 N–H and O–H groups in total. The summed E-state index contributed by atoms with van der Waals surface area (Å²) >= 11 is 1.14. The van der Waals surface area contributed by atoms with Gasteiger partial charge in [0.25, 0.3) is 5.01 Å². The van der Waals surface area contributed by atoms with Crippen LogP contribution in [0, 0.1) is 5.21 Å². The first-order valence-electron chi connectivity index (χ1n) is 5.90. The Morgan fingerprint density at radius 3 is 2.40 bits per heavy atom. The van der Waals surface area contributed by atoms with E-state index < -0.39 is 11.2 Å². The van der Waals surface area contributed by atoms with E-state index in [4.69, 9.17) is 0 Å². The van der Waals surface area contributed by atoms with Crippen molar-refractivity contribution in [2.75, 3.05) is 0 Å². The Morgan fingerprint density at radius 1 is 1.10 bits per heavy atom. The lowest BCUT2D eigenvalue weighted by atomic mass is 10.2. The van der Waals surface area contributed by atoms with Gasteiger partial charge in [0.1, 0.15) is 0 Å². The van der Waals surface area contributed by atoms with Gasteiger partial charge >= 0.3 is 16.8 Å². The Hall–Kier alpha value is -2.41. The number of aryl methyl sites for hydroxylation is 1. The highest BCUT2D eigenvalue weighted by Crippen LogP contribution is 2.25. The third kappa shape index (κ3) is 1.60. The Labute approximate surface area is 117 Å². The first-order chi connectivity index (χ1) is 9.52. The second-order valence-electron chi connectivity index (χ2n) is 4.43. The minimum atomic E-state index is -0.573. The van der Waals surface area contributed by atoms with Crippen LogP contribution in [0.1, 0.15) is 0 Å². The Kier molecular flexibility index (Phi) is 2.72. The van der Waals surface area contributed by atoms with Crippen LogP contribution in [0.25, 0.3) is 20.9 Å². The van der Waals surface area contributed by atoms with Gasteiger partial charge in [-0.25, -0.2) is 4.79 Å². The predicted octanol–water partition coefficient (Wildman–Crippen LogP) is 0.599. The fourth-order valence-electron chi connectivity index (χ4n) is 2.09. The fourth-order valence-corrected chi connectivity index (χ4v) is 3.18. The summed E-state index contributed by atoms with van der Waals surface area (Å²) in [7, 11) is 2.92. The molecule has 0 aliphatic carbocycles. The molecule has 0 aliphatic rings. The summed E-state index contributed by atoms with van der Waals surface area (Å²) in [4.78, 5) is 24.4. The van der Waals surface area contributed by atoms with Crippen molar-refractivity contribution in [3.05, 3.63) is 56.4 Å². The fraction of sp³-hybridized carbons (Fsp3) is 0.154. The van der Waals surface area contributed by atoms with Crippen LogP contribution in [-0.2, 0) is 14.1 Å². The van der Waals surface area contributed by atoms with Crippen LogP contribution in [0.4, 0.5) is 0 Å². The summed E-state index contributed by atoms with van der Waals surface area (Å²) in [6.45, 7) is 0. The number of aromatic nitrogens is 3. The van der Waals surface area contributed by atoms with Gasteiger partial charge in [0.05, 0.1) is 5.56 Å². The summed E-state index contributed by atoms with van der Waals surface area (Å²) in [5, 5.41) is 12.8. The lowest BCUT2D eigenvalue weighted by Crippen LogP contribution is -2.41. The molecule has 6 nitrogen and oxygen atoms in total. The quantitative estimate of drug-likeness (QED) is 0.486. The number of nitrogens with zero attached hydrogens (tertiary/aromatic N) is 3. The monoisotopic (exact) mass is 289 g/mol. The molecular weight excluding hydrogens is 278 g/mol. The number of fused-ring (bicyclic) bond motifs is 1. The van der Waals surface area contributed by atoms with Crippen LogP contribution in [0.5, 0.6) is 0 Å². The van der Waals surface area contributed by atoms with Crippen LogP contribution < -0.4 is 16.0 Å². The van der Waals surface area contributed by atoms with Gasteiger partial charge in [0, 0.05) is 14.1 Å². The first-order valence-corrected chi connectivity index (χ1v) is 6.71. The van der Waals surface area contributed by atoms with Gasteiger partial charge in [-0.15, -0.1) is 4.73 Å². The van der Waals surface area contributed by atoms with E-state index in [1.165, 1.54) is 11.6 Å². The second kappa shape index (κ2) is 4.31. The second-order valence-corrected chi connectivity index (χ2v) is 5.40. The third-order valence-electron chi connectivity index (χ3n) is 3.19. The van der Waals surface area contributed by atoms with Gasteiger partial charge in [-0.1, -0.05) is 18.2 Å². The van der Waals surface area contributed by atoms with Gasteiger partial charge in [0.15, 0.2) is 4.83 Å². The Balaban J connectivity index is 2.49. The number of hydrogen-bond donors (Lipinski definition) is 0. The zero-order chi connectivity index (χ0) is 14.4. The van der Waals surface area contributed by atoms with Gasteiger partial charge in [-0.2, -0.15) is 0 Å². The lowest BCUT2D eigenvalue weighted by molar-refractivity contribution is -0.561. The molecule has 0 radical (unpaired) electrons. The van der Waals surface area contributed by atoms with E-state index in [0.717, 1.165) is 21.5 Å². The van der Waals surface area contributed by atoms with Crippen molar-refractivity contribution < 1.29 is 4.73 Å². The van der Waals surface area contributed by atoms with Gasteiger partial charge in [-0.3, -0.25) is 13.9 Å². The number of rotatable bonds is 1. The summed E-state index contributed by atoms with van der Waals surface area (Å²) in [6.07, 6.45) is 0. The normalized spacial score (nSPS) is 11.1. The van der Waals surface area contributed by atoms with E-state index in [9.17, 15) is 14.8 Å². The van der Waals surface area contributed by atoms with Crippen molar-refractivity contribution in [3.63, 3.8) is 0 Å². The molecule has 0 fully saturated rings. The minimum Gasteiger partial charge on any atom is -0.617 e. The molecule has 0 aliphatic heterocycles. The topological polar surface area (TPSA) is 70.9 Å². The van der Waals surface area contributed by atoms with Crippen LogP contribution in [0.2, 0.25) is 0 Å². The van der Waals surface area contributed by atoms with Crippen LogP contribution in [0.3, 0.4) is 0 Å². The van der Waals surface area contributed by atoms with E-state index in [-0.39, 0.29) is 5.52 Å². The molecule has 0 saturated carbocycles. The van der Waals surface area contributed by atoms with E-state index in [2.05, 4.69) is 0 Å². The smallest absolute Gasteiger partial charge is 0.331 e. The van der Waals surface area contributed by atoms with Crippen molar-refractivity contribution in [3.8, 4) is 10.6 Å². The largest absolute Gasteiger partial charge is 0.617 e. The van der Waals surface area contributed by atoms with Crippen molar-refractivity contribution in [1.29, 1.82) is 0 Å². The van der Waals surface area contributed by atoms with Gasteiger partial charge in [0.2, 0.25) is 0 Å². The molecule has 0 amide bonds. The maximum Gasteiger partial charge on any atom is 0.331 e. The number of thiazole rings is 1. The van der Waals surface area contributed by atoms with Crippen molar-refractivity contribution in [2.24, 2.45) is 14.1 Å². The molecule has 0 bridgehead atoms. The third-order valence-corrected chi connectivity index (χ3v) is 4.45. The van der Waals surface area contributed by atoms with Crippen molar-refractivity contribution in [2.45, 2.75) is 0 Å². The summed E-state index contributed by atoms with van der Waals surface area (Å²) in [6, 6.07) is 9.07. The molecule has 20 heavy (non-hydrogen) atoms. The number of hydrogen-bond acceptors (Lipinski definition) is 4. The minimum absolute atomic E-state index is 0.00143. The number of benzene rings is 1. The molecule has 7 heteroatoms. The molecule has 1 aromatic carbocycles. The van der Waals surface area contributed by atoms with Crippen LogP contribution in [-0.4, -0.2) is 9.13 Å². The molecule has 0 spiro atoms. The van der Waals surface area contributed by atoms with E-state index in [1.807, 2.05) is 18.2 Å². The Bertz CT molecular complexity index is 922. The molecule has 102 valence electrons. The average Bonchev–Trinajstić information content (AvgIpc) is 2.81. The van der Waals surface area contributed by atoms with Crippen LogP contribution >= 0.6 is 11.3 Å². The first kappa shape index (κ1) is 12.6. The van der Waals surface area contributed by atoms with Crippen LogP contribution in [0.15, 0.2) is 39.9 Å². The summed E-state index contributed by atoms with van der Waals surface area (Å²) in [5.74, 6) is 0. The van der Waals surface area contributed by atoms with E-state index in [1.54, 1.807) is 19.2 Å². The highest BCUT2D eigenvalue weighted by atomic mass is 32.1. The summed E-state index contributed by atoms with van der Waals surface area (Å²) in [5.41, 5.74) is -0.294. The molecule has 0 saturated heterocycles. The van der Waals surface area contributed by atoms with Gasteiger partial charge < -0.3 is 5.21 Å². The maximum absolute atomic E-state index is 12.4. The molecule has 2 aromatic heterocycles. The lowest BCUT2D eigenvalue weighted by Gasteiger charge is -2.01. The standard InChI is InChI=1S/C13H11N3O3S/c1-14-10(17)9-12(15(2)13(14)18)20-11(16(9)19)8-6-4-3-5-7-8/h3-7H,1-2H3. The maximum atomic E-state index is 12.4. The molecular formula is C13H11N3O3S. The zero-order valence-electron chi connectivity index (χ0n) is 10.9. The highest BCUT2D eigenvalue weighted by molar-refractivity contribution is 7.20. The molecule has 3 rings (SSSR count). The summed E-state index contributed by atoms with van der Waals surface area (Å²) < 4.78 is 2.87. The van der Waals surface area contributed by atoms with E-state index >= 15 is 0 Å². The zero-order valence-corrected chi connectivity index (χ0v) is 11.7. The molecule has 0 atom stereocenters. The average molecular weight is 289 g/mol. The van der Waals surface area contributed by atoms with Gasteiger partial charge in [-0.05, 0) is 23.5 Å². The van der Waals surface area contributed by atoms with E-state index in [0.29, 0.717) is 14.6 Å². The Morgan fingerprint density at radius 2 is 1.75 bits per heavy atom. The molecule has 2 heterocycles. The SMILES string of the molecule is Cn1c(=O)c2c(sc(-c3ccccc3)[n+]2[O-])n(C)c1=O.